The van der Waals surface area contributed by atoms with E-state index in [-0.39, 0.29) is 11.7 Å². The van der Waals surface area contributed by atoms with Crippen LogP contribution in [0.15, 0.2) is 46.0 Å². The van der Waals surface area contributed by atoms with E-state index < -0.39 is 0 Å². The molecular formula is C18H17FN4O2S. The summed E-state index contributed by atoms with van der Waals surface area (Å²) in [5.41, 5.74) is 2.14. The van der Waals surface area contributed by atoms with Crippen LogP contribution in [0.4, 0.5) is 10.1 Å². The molecule has 0 N–H and O–H groups in total. The number of fused-ring (bicyclic) bond motifs is 1. The second-order valence-electron chi connectivity index (χ2n) is 5.97. The number of aromatic nitrogens is 2. The molecule has 0 bridgehead atoms. The standard InChI is InChI=1S/C18H17FN4O2S/c1-24-16-6-4-13(8-20-16)21-18(26-2)23-9-11(10-23)17-14-5-3-12(19)7-15(14)25-22-17/h3-8,11H,9-10H2,1-2H3. The van der Waals surface area contributed by atoms with Crippen LogP contribution in [-0.2, 0) is 0 Å². The van der Waals surface area contributed by atoms with E-state index in [1.807, 2.05) is 12.3 Å². The molecule has 0 unspecified atom stereocenters. The number of hydrogen-bond donors (Lipinski definition) is 0. The maximum absolute atomic E-state index is 13.3. The third-order valence-electron chi connectivity index (χ3n) is 4.34. The van der Waals surface area contributed by atoms with Gasteiger partial charge >= 0.3 is 0 Å². The number of aliphatic imine (C=N–C) groups is 1. The first-order valence-corrected chi connectivity index (χ1v) is 9.33. The van der Waals surface area contributed by atoms with Crippen LogP contribution in [0.25, 0.3) is 11.0 Å². The third-order valence-corrected chi connectivity index (χ3v) is 5.05. The average molecular weight is 372 g/mol. The molecule has 6 nitrogen and oxygen atoms in total. The predicted octanol–water partition coefficient (Wildman–Crippen LogP) is 3.82. The SMILES string of the molecule is COc1ccc(N=C(SC)N2CC(c3noc4cc(F)ccc34)C2)cn1. The van der Waals surface area contributed by atoms with Crippen molar-refractivity contribution in [3.8, 4) is 5.88 Å². The Morgan fingerprint density at radius 2 is 2.19 bits per heavy atom. The molecule has 8 heteroatoms. The molecule has 0 spiro atoms. The summed E-state index contributed by atoms with van der Waals surface area (Å²) < 4.78 is 23.6. The van der Waals surface area contributed by atoms with Gasteiger partial charge in [-0.15, -0.1) is 0 Å². The molecule has 0 amide bonds. The molecule has 3 heterocycles. The van der Waals surface area contributed by atoms with Crippen LogP contribution in [-0.4, -0.2) is 46.7 Å². The number of pyridine rings is 1. The number of nitrogens with zero attached hydrogens (tertiary/aromatic N) is 4. The van der Waals surface area contributed by atoms with Gasteiger partial charge in [-0.3, -0.25) is 0 Å². The average Bonchev–Trinajstić information content (AvgIpc) is 3.03. The minimum absolute atomic E-state index is 0.244. The van der Waals surface area contributed by atoms with Gasteiger partial charge in [0.15, 0.2) is 10.8 Å². The first-order chi connectivity index (χ1) is 12.7. The normalized spacial score (nSPS) is 15.3. The molecule has 4 rings (SSSR count). The zero-order valence-electron chi connectivity index (χ0n) is 14.3. The van der Waals surface area contributed by atoms with Crippen LogP contribution < -0.4 is 4.74 Å². The summed E-state index contributed by atoms with van der Waals surface area (Å²) in [6.45, 7) is 1.59. The zero-order chi connectivity index (χ0) is 18.1. The van der Waals surface area contributed by atoms with E-state index in [0.29, 0.717) is 11.5 Å². The minimum Gasteiger partial charge on any atom is -0.481 e. The van der Waals surface area contributed by atoms with Crippen molar-refractivity contribution < 1.29 is 13.7 Å². The fourth-order valence-corrected chi connectivity index (χ4v) is 3.55. The van der Waals surface area contributed by atoms with Crippen molar-refractivity contribution in [3.05, 3.63) is 48.0 Å². The second kappa shape index (κ2) is 6.95. The van der Waals surface area contributed by atoms with E-state index in [9.17, 15) is 4.39 Å². The quantitative estimate of drug-likeness (QED) is 0.514. The molecule has 3 aromatic rings. The number of thioether (sulfide) groups is 1. The van der Waals surface area contributed by atoms with Gasteiger partial charge in [-0.2, -0.15) is 0 Å². The van der Waals surface area contributed by atoms with Crippen LogP contribution in [0.5, 0.6) is 5.88 Å². The van der Waals surface area contributed by atoms with Crippen LogP contribution in [0.3, 0.4) is 0 Å². The Morgan fingerprint density at radius 3 is 2.88 bits per heavy atom. The number of likely N-dealkylation sites (tertiary alicyclic amines) is 1. The first-order valence-electron chi connectivity index (χ1n) is 8.10. The summed E-state index contributed by atoms with van der Waals surface area (Å²) in [5.74, 6) is 0.487. The van der Waals surface area contributed by atoms with Crippen molar-refractivity contribution in [2.45, 2.75) is 5.92 Å². The highest BCUT2D eigenvalue weighted by Crippen LogP contribution is 2.34. The van der Waals surface area contributed by atoms with Gasteiger partial charge in [-0.1, -0.05) is 16.9 Å². The Morgan fingerprint density at radius 1 is 1.35 bits per heavy atom. The van der Waals surface area contributed by atoms with Gasteiger partial charge < -0.3 is 14.2 Å². The molecule has 1 fully saturated rings. The first kappa shape index (κ1) is 16.8. The molecule has 0 radical (unpaired) electrons. The molecule has 134 valence electrons. The van der Waals surface area contributed by atoms with E-state index in [1.165, 1.54) is 12.1 Å². The molecule has 0 atom stereocenters. The largest absolute Gasteiger partial charge is 0.481 e. The van der Waals surface area contributed by atoms with Crippen molar-refractivity contribution in [2.24, 2.45) is 4.99 Å². The summed E-state index contributed by atoms with van der Waals surface area (Å²) in [6, 6.07) is 8.19. The molecular weight excluding hydrogens is 355 g/mol. The fraction of sp³-hybridized carbons (Fsp3) is 0.278. The summed E-state index contributed by atoms with van der Waals surface area (Å²) in [5, 5.41) is 5.94. The summed E-state index contributed by atoms with van der Waals surface area (Å²) in [6.07, 6.45) is 3.68. The van der Waals surface area contributed by atoms with Gasteiger partial charge in [0.05, 0.1) is 24.7 Å². The number of ether oxygens (including phenoxy) is 1. The van der Waals surface area contributed by atoms with Gasteiger partial charge in [-0.05, 0) is 24.5 Å². The van der Waals surface area contributed by atoms with E-state index in [2.05, 4.69) is 20.0 Å². The van der Waals surface area contributed by atoms with Crippen LogP contribution in [0.2, 0.25) is 0 Å². The summed E-state index contributed by atoms with van der Waals surface area (Å²) in [7, 11) is 1.58. The third kappa shape index (κ3) is 3.12. The predicted molar refractivity (Wildman–Crippen MR) is 99.7 cm³/mol. The number of methoxy groups -OCH3 is 1. The topological polar surface area (TPSA) is 63.8 Å². The molecule has 1 aliphatic heterocycles. The van der Waals surface area contributed by atoms with Crippen LogP contribution in [0.1, 0.15) is 11.6 Å². The van der Waals surface area contributed by atoms with Crippen molar-refractivity contribution in [2.75, 3.05) is 26.5 Å². The Labute approximate surface area is 154 Å². The van der Waals surface area contributed by atoms with Crippen molar-refractivity contribution >= 4 is 33.6 Å². The Kier molecular flexibility index (Phi) is 4.50. The van der Waals surface area contributed by atoms with E-state index in [0.717, 1.165) is 35.0 Å². The second-order valence-corrected chi connectivity index (χ2v) is 6.74. The number of benzene rings is 1. The van der Waals surface area contributed by atoms with Crippen molar-refractivity contribution in [3.63, 3.8) is 0 Å². The molecule has 0 aliphatic carbocycles. The van der Waals surface area contributed by atoms with E-state index >= 15 is 0 Å². The lowest BCUT2D eigenvalue weighted by Crippen LogP contribution is -2.47. The van der Waals surface area contributed by atoms with Crippen molar-refractivity contribution in [1.82, 2.24) is 15.0 Å². The van der Waals surface area contributed by atoms with Gasteiger partial charge in [0, 0.05) is 36.5 Å². The fourth-order valence-electron chi connectivity index (χ4n) is 2.95. The number of hydrogen-bond acceptors (Lipinski definition) is 6. The lowest BCUT2D eigenvalue weighted by Gasteiger charge is -2.39. The highest BCUT2D eigenvalue weighted by Gasteiger charge is 2.33. The Balaban J connectivity index is 1.48. The minimum atomic E-state index is -0.319. The summed E-state index contributed by atoms with van der Waals surface area (Å²) >= 11 is 1.59. The number of halogens is 1. The molecule has 2 aromatic heterocycles. The summed E-state index contributed by atoms with van der Waals surface area (Å²) in [4.78, 5) is 11.0. The smallest absolute Gasteiger partial charge is 0.213 e. The van der Waals surface area contributed by atoms with E-state index in [1.54, 1.807) is 37.2 Å². The molecule has 26 heavy (non-hydrogen) atoms. The molecule has 0 saturated carbocycles. The number of amidine groups is 1. The highest BCUT2D eigenvalue weighted by molar-refractivity contribution is 8.13. The van der Waals surface area contributed by atoms with Crippen molar-refractivity contribution in [1.29, 1.82) is 0 Å². The maximum Gasteiger partial charge on any atom is 0.213 e. The molecule has 1 aliphatic rings. The Bertz CT molecular complexity index is 951. The lowest BCUT2D eigenvalue weighted by molar-refractivity contribution is 0.248. The van der Waals surface area contributed by atoms with Crippen LogP contribution in [0, 0.1) is 5.82 Å². The lowest BCUT2D eigenvalue weighted by atomic mass is 9.94. The maximum atomic E-state index is 13.3. The number of rotatable bonds is 3. The molecule has 1 aromatic carbocycles. The zero-order valence-corrected chi connectivity index (χ0v) is 15.2. The molecule has 1 saturated heterocycles. The van der Waals surface area contributed by atoms with Gasteiger partial charge in [0.2, 0.25) is 5.88 Å². The van der Waals surface area contributed by atoms with Gasteiger partial charge in [0.25, 0.3) is 0 Å². The highest BCUT2D eigenvalue weighted by atomic mass is 32.2. The monoisotopic (exact) mass is 372 g/mol. The van der Waals surface area contributed by atoms with E-state index in [4.69, 9.17) is 9.26 Å². The van der Waals surface area contributed by atoms with Crippen LogP contribution >= 0.6 is 11.8 Å². The Hall–Kier alpha value is -2.61. The van der Waals surface area contributed by atoms with Gasteiger partial charge in [-0.25, -0.2) is 14.4 Å². The van der Waals surface area contributed by atoms with Gasteiger partial charge in [0.1, 0.15) is 5.82 Å².